The summed E-state index contributed by atoms with van der Waals surface area (Å²) >= 11 is 0. The molecule has 1 N–H and O–H groups in total. The Balaban J connectivity index is 1.45. The summed E-state index contributed by atoms with van der Waals surface area (Å²) in [6, 6.07) is 11.6. The molecule has 3 aliphatic heterocycles. The topological polar surface area (TPSA) is 51.9 Å². The van der Waals surface area contributed by atoms with Gasteiger partial charge in [0.1, 0.15) is 11.6 Å². The summed E-state index contributed by atoms with van der Waals surface area (Å²) in [6.07, 6.45) is 6.93. The molecule has 0 aliphatic carbocycles. The third kappa shape index (κ3) is 4.34. The van der Waals surface area contributed by atoms with E-state index in [0.29, 0.717) is 0 Å². The zero-order valence-electron chi connectivity index (χ0n) is 21.8. The highest BCUT2D eigenvalue weighted by atomic mass is 15.4. The summed E-state index contributed by atoms with van der Waals surface area (Å²) in [5.74, 6) is 2.19. The second-order valence-electron chi connectivity index (χ2n) is 10.7. The maximum atomic E-state index is 5.20. The van der Waals surface area contributed by atoms with Crippen molar-refractivity contribution in [1.82, 2.24) is 24.8 Å². The first-order valence-electron chi connectivity index (χ1n) is 13.7. The fourth-order valence-electron chi connectivity index (χ4n) is 5.89. The Bertz CT molecular complexity index is 1260. The van der Waals surface area contributed by atoms with E-state index in [1.807, 2.05) is 0 Å². The molecule has 190 valence electrons. The van der Waals surface area contributed by atoms with Gasteiger partial charge >= 0.3 is 0 Å². The van der Waals surface area contributed by atoms with Crippen LogP contribution in [0.3, 0.4) is 0 Å². The zero-order valence-corrected chi connectivity index (χ0v) is 21.8. The van der Waals surface area contributed by atoms with E-state index in [-0.39, 0.29) is 6.04 Å². The number of piperidine rings is 1. The molecular formula is C29H39N7. The number of nitrogens with one attached hydrogen (secondary N) is 1. The van der Waals surface area contributed by atoms with Gasteiger partial charge in [-0.3, -0.25) is 0 Å². The van der Waals surface area contributed by atoms with Gasteiger partial charge in [0, 0.05) is 63.2 Å². The van der Waals surface area contributed by atoms with Gasteiger partial charge in [-0.2, -0.15) is 9.61 Å². The molecule has 2 aromatic heterocycles. The Morgan fingerprint density at radius 2 is 1.86 bits per heavy atom. The standard InChI is InChI=1S/C29H39N7/c1-21-10-11-23-8-6-12-30-13-17-33(3)29-20-27(34-14-7-15-34)31-28-19-25(32-36(28)29)26-9-4-5-16-35(26)22(2)24(23)18-21/h10-11,18-20,26,30H,2,4-9,12-17H2,1,3H3/t26-/m0/s1. The largest absolute Gasteiger partial charge is 0.363 e. The van der Waals surface area contributed by atoms with Crippen LogP contribution >= 0.6 is 0 Å². The van der Waals surface area contributed by atoms with Crippen LogP contribution in [0.4, 0.5) is 11.6 Å². The highest BCUT2D eigenvalue weighted by Crippen LogP contribution is 2.38. The van der Waals surface area contributed by atoms with Crippen molar-refractivity contribution in [3.8, 4) is 0 Å². The van der Waals surface area contributed by atoms with Crippen molar-refractivity contribution in [3.05, 3.63) is 59.3 Å². The van der Waals surface area contributed by atoms with E-state index >= 15 is 0 Å². The minimum atomic E-state index is 0.224. The van der Waals surface area contributed by atoms with Gasteiger partial charge in [0.25, 0.3) is 0 Å². The van der Waals surface area contributed by atoms with E-state index in [0.717, 1.165) is 87.2 Å². The number of hydrogen-bond acceptors (Lipinski definition) is 6. The quantitative estimate of drug-likeness (QED) is 0.551. The highest BCUT2D eigenvalue weighted by Gasteiger charge is 2.30. The maximum Gasteiger partial charge on any atom is 0.160 e. The molecule has 0 spiro atoms. The molecule has 3 aliphatic rings. The van der Waals surface area contributed by atoms with Crippen LogP contribution in [0, 0.1) is 6.92 Å². The number of anilines is 2. The van der Waals surface area contributed by atoms with Gasteiger partial charge < -0.3 is 20.0 Å². The van der Waals surface area contributed by atoms with Gasteiger partial charge in [-0.15, -0.1) is 0 Å². The predicted octanol–water partition coefficient (Wildman–Crippen LogP) is 4.42. The molecule has 0 saturated carbocycles. The van der Waals surface area contributed by atoms with Gasteiger partial charge in [0.05, 0.1) is 11.7 Å². The van der Waals surface area contributed by atoms with Crippen LogP contribution in [0.5, 0.6) is 0 Å². The van der Waals surface area contributed by atoms with E-state index in [1.54, 1.807) is 0 Å². The van der Waals surface area contributed by atoms with Crippen LogP contribution in [0.25, 0.3) is 11.3 Å². The molecule has 0 radical (unpaired) electrons. The molecule has 0 amide bonds. The lowest BCUT2D eigenvalue weighted by atomic mass is 9.93. The lowest BCUT2D eigenvalue weighted by molar-refractivity contribution is 0.226. The normalized spacial score (nSPS) is 21.4. The van der Waals surface area contributed by atoms with Gasteiger partial charge in [-0.05, 0) is 63.6 Å². The lowest BCUT2D eigenvalue weighted by Gasteiger charge is -2.38. The number of benzene rings is 1. The fraction of sp³-hybridized carbons (Fsp3) is 0.517. The summed E-state index contributed by atoms with van der Waals surface area (Å²) in [5.41, 5.74) is 7.19. The Hall–Kier alpha value is -3.06. The first kappa shape index (κ1) is 23.3. The summed E-state index contributed by atoms with van der Waals surface area (Å²) in [5, 5.41) is 8.86. The molecule has 6 rings (SSSR count). The molecule has 1 aromatic carbocycles. The zero-order chi connectivity index (χ0) is 24.6. The molecule has 2 saturated heterocycles. The maximum absolute atomic E-state index is 5.20. The predicted molar refractivity (Wildman–Crippen MR) is 148 cm³/mol. The van der Waals surface area contributed by atoms with Crippen LogP contribution in [0.1, 0.15) is 60.5 Å². The van der Waals surface area contributed by atoms with Gasteiger partial charge in [0.2, 0.25) is 0 Å². The second-order valence-corrected chi connectivity index (χ2v) is 10.7. The number of rotatable bonds is 1. The Kier molecular flexibility index (Phi) is 6.34. The number of nitrogens with zero attached hydrogens (tertiary/aromatic N) is 6. The van der Waals surface area contributed by atoms with E-state index < -0.39 is 0 Å². The molecular weight excluding hydrogens is 446 g/mol. The molecule has 2 fully saturated rings. The van der Waals surface area contributed by atoms with Crippen molar-refractivity contribution in [2.45, 2.75) is 51.5 Å². The molecule has 7 nitrogen and oxygen atoms in total. The monoisotopic (exact) mass is 485 g/mol. The van der Waals surface area contributed by atoms with Crippen LogP contribution in [-0.2, 0) is 6.42 Å². The summed E-state index contributed by atoms with van der Waals surface area (Å²) in [4.78, 5) is 12.3. The van der Waals surface area contributed by atoms with Crippen LogP contribution < -0.4 is 15.1 Å². The summed E-state index contributed by atoms with van der Waals surface area (Å²) < 4.78 is 2.07. The van der Waals surface area contributed by atoms with Crippen LogP contribution in [0.15, 0.2) is 36.9 Å². The van der Waals surface area contributed by atoms with Crippen molar-refractivity contribution >= 4 is 23.0 Å². The number of aromatic nitrogens is 3. The minimum Gasteiger partial charge on any atom is -0.363 e. The first-order valence-corrected chi connectivity index (χ1v) is 13.7. The van der Waals surface area contributed by atoms with Crippen molar-refractivity contribution in [2.24, 2.45) is 0 Å². The number of hydrogen-bond donors (Lipinski definition) is 1. The van der Waals surface area contributed by atoms with E-state index in [4.69, 9.17) is 10.1 Å². The van der Waals surface area contributed by atoms with Crippen LogP contribution in [0.2, 0.25) is 0 Å². The van der Waals surface area contributed by atoms with Crippen LogP contribution in [-0.4, -0.2) is 65.8 Å². The number of likely N-dealkylation sites (N-methyl/N-ethyl adjacent to an activating group) is 1. The van der Waals surface area contributed by atoms with E-state index in [1.165, 1.54) is 36.0 Å². The van der Waals surface area contributed by atoms with E-state index in [9.17, 15) is 0 Å². The van der Waals surface area contributed by atoms with Gasteiger partial charge in [-0.25, -0.2) is 4.98 Å². The SMILES string of the molecule is C=C1c2cc(C)ccc2CCCNCCN(C)c2cc(N3CCC3)nc3cc(nn23)[C@@H]2CCCCN12. The number of aryl methyl sites for hydroxylation is 2. The lowest BCUT2D eigenvalue weighted by Crippen LogP contribution is -2.38. The fourth-order valence-corrected chi connectivity index (χ4v) is 5.89. The molecule has 36 heavy (non-hydrogen) atoms. The molecule has 5 heterocycles. The number of fused-ring (bicyclic) bond motifs is 4. The van der Waals surface area contributed by atoms with Gasteiger partial charge in [0.15, 0.2) is 5.65 Å². The van der Waals surface area contributed by atoms with Gasteiger partial charge in [-0.1, -0.05) is 24.3 Å². The molecule has 3 aromatic rings. The molecule has 7 heteroatoms. The Morgan fingerprint density at radius 3 is 2.69 bits per heavy atom. The third-order valence-corrected chi connectivity index (χ3v) is 8.18. The van der Waals surface area contributed by atoms with E-state index in [2.05, 4.69) is 75.4 Å². The Labute approximate surface area is 214 Å². The van der Waals surface area contributed by atoms with Crippen molar-refractivity contribution < 1.29 is 0 Å². The second kappa shape index (κ2) is 9.77. The Morgan fingerprint density at radius 1 is 0.972 bits per heavy atom. The third-order valence-electron chi connectivity index (χ3n) is 8.18. The molecule has 2 bridgehead atoms. The summed E-state index contributed by atoms with van der Waals surface area (Å²) in [6.45, 7) is 12.9. The minimum absolute atomic E-state index is 0.224. The van der Waals surface area contributed by atoms with Crippen molar-refractivity contribution in [1.29, 1.82) is 0 Å². The summed E-state index contributed by atoms with van der Waals surface area (Å²) in [7, 11) is 2.17. The van der Waals surface area contributed by atoms with Crippen molar-refractivity contribution in [3.63, 3.8) is 0 Å². The first-order chi connectivity index (χ1) is 17.6. The molecule has 1 atom stereocenters. The highest BCUT2D eigenvalue weighted by molar-refractivity contribution is 5.67. The van der Waals surface area contributed by atoms with Crippen molar-refractivity contribution in [2.75, 3.05) is 56.1 Å². The smallest absolute Gasteiger partial charge is 0.160 e. The molecule has 0 unspecified atom stereocenters. The average Bonchev–Trinajstić information content (AvgIpc) is 3.28. The average molecular weight is 486 g/mol.